The number of hydrogen-bond donors (Lipinski definition) is 1. The second-order valence-corrected chi connectivity index (χ2v) is 5.35. The van der Waals surface area contributed by atoms with Crippen molar-refractivity contribution in [2.75, 3.05) is 23.3 Å². The first kappa shape index (κ1) is 12.9. The van der Waals surface area contributed by atoms with Gasteiger partial charge in [-0.05, 0) is 37.3 Å². The number of amides is 1. The van der Waals surface area contributed by atoms with Crippen LogP contribution in [0.5, 0.6) is 0 Å². The van der Waals surface area contributed by atoms with Gasteiger partial charge >= 0.3 is 0 Å². The first-order chi connectivity index (χ1) is 9.65. The van der Waals surface area contributed by atoms with Crippen LogP contribution in [0.25, 0.3) is 0 Å². The molecule has 1 aromatic carbocycles. The van der Waals surface area contributed by atoms with Crippen LogP contribution in [0.1, 0.15) is 31.2 Å². The van der Waals surface area contributed by atoms with E-state index in [2.05, 4.69) is 10.2 Å². The monoisotopic (exact) mass is 275 g/mol. The number of nitro groups is 1. The van der Waals surface area contributed by atoms with Gasteiger partial charge in [-0.2, -0.15) is 0 Å². The van der Waals surface area contributed by atoms with E-state index in [0.717, 1.165) is 31.5 Å². The molecule has 0 spiro atoms. The summed E-state index contributed by atoms with van der Waals surface area (Å²) in [5, 5.41) is 14.0. The van der Waals surface area contributed by atoms with Crippen LogP contribution in [0.3, 0.4) is 0 Å². The molecule has 0 aromatic heterocycles. The van der Waals surface area contributed by atoms with Crippen molar-refractivity contribution in [2.45, 2.75) is 32.1 Å². The van der Waals surface area contributed by atoms with Crippen molar-refractivity contribution >= 4 is 23.0 Å². The third-order valence-electron chi connectivity index (χ3n) is 3.99. The van der Waals surface area contributed by atoms with E-state index >= 15 is 0 Å². The predicted octanol–water partition coefficient (Wildman–Crippen LogP) is 2.47. The zero-order valence-electron chi connectivity index (χ0n) is 11.2. The third kappa shape index (κ3) is 2.33. The van der Waals surface area contributed by atoms with Gasteiger partial charge in [-0.3, -0.25) is 14.9 Å². The van der Waals surface area contributed by atoms with E-state index in [-0.39, 0.29) is 16.5 Å². The Balaban J connectivity index is 2.03. The van der Waals surface area contributed by atoms with Gasteiger partial charge in [-0.25, -0.2) is 0 Å². The van der Waals surface area contributed by atoms with Crippen LogP contribution >= 0.6 is 0 Å². The number of carbonyl (C=O) groups excluding carboxylic acids is 1. The van der Waals surface area contributed by atoms with Crippen LogP contribution in [0.2, 0.25) is 0 Å². The maximum Gasteiger partial charge on any atom is 0.294 e. The molecule has 1 amide bonds. The summed E-state index contributed by atoms with van der Waals surface area (Å²) >= 11 is 0. The molecule has 1 N–H and O–H groups in total. The second-order valence-electron chi connectivity index (χ2n) is 5.35. The Kier molecular flexibility index (Phi) is 3.30. The molecule has 2 heterocycles. The minimum Gasteiger partial charge on any atom is -0.366 e. The molecule has 6 nitrogen and oxygen atoms in total. The number of anilines is 2. The van der Waals surface area contributed by atoms with E-state index in [0.29, 0.717) is 24.2 Å². The van der Waals surface area contributed by atoms with Crippen LogP contribution in [-0.4, -0.2) is 23.9 Å². The molecule has 0 atom stereocenters. The smallest absolute Gasteiger partial charge is 0.294 e. The van der Waals surface area contributed by atoms with Crippen LogP contribution in [0, 0.1) is 10.1 Å². The zero-order valence-corrected chi connectivity index (χ0v) is 11.2. The highest BCUT2D eigenvalue weighted by molar-refractivity contribution is 5.95. The summed E-state index contributed by atoms with van der Waals surface area (Å²) in [5.41, 5.74) is 2.38. The first-order valence-electron chi connectivity index (χ1n) is 7.01. The molecule has 0 radical (unpaired) electrons. The maximum atomic E-state index is 11.4. The van der Waals surface area contributed by atoms with Crippen LogP contribution < -0.4 is 10.2 Å². The summed E-state index contributed by atoms with van der Waals surface area (Å²) in [6.07, 6.45) is 4.44. The Labute approximate surface area is 116 Å². The number of hydrogen-bond acceptors (Lipinski definition) is 4. The van der Waals surface area contributed by atoms with Crippen LogP contribution in [0.15, 0.2) is 12.1 Å². The number of piperidine rings is 1. The van der Waals surface area contributed by atoms with Gasteiger partial charge in [0, 0.05) is 25.6 Å². The summed E-state index contributed by atoms with van der Waals surface area (Å²) in [5.74, 6) is -0.0717. The molecule has 2 aliphatic rings. The van der Waals surface area contributed by atoms with E-state index in [1.54, 1.807) is 0 Å². The molecular formula is C14H17N3O3. The molecule has 20 heavy (non-hydrogen) atoms. The van der Waals surface area contributed by atoms with Gasteiger partial charge in [-0.1, -0.05) is 0 Å². The number of nitrogens with one attached hydrogen (secondary N) is 1. The lowest BCUT2D eigenvalue weighted by molar-refractivity contribution is -0.384. The molecule has 0 saturated carbocycles. The number of fused-ring (bicyclic) bond motifs is 1. The number of benzene rings is 1. The molecule has 6 heteroatoms. The van der Waals surface area contributed by atoms with Gasteiger partial charge in [0.25, 0.3) is 5.69 Å². The summed E-state index contributed by atoms with van der Waals surface area (Å²) in [7, 11) is 0. The first-order valence-corrected chi connectivity index (χ1v) is 7.01. The van der Waals surface area contributed by atoms with Gasteiger partial charge in [0.1, 0.15) is 5.69 Å². The number of nitrogens with zero attached hydrogens (tertiary/aromatic N) is 2. The highest BCUT2D eigenvalue weighted by atomic mass is 16.6. The second kappa shape index (κ2) is 5.11. The standard InChI is InChI=1S/C14H17N3O3/c18-14-5-4-10-8-12(16-6-2-1-3-7-16)13(17(19)20)9-11(10)15-14/h8-9H,1-7H2,(H,15,18). The van der Waals surface area contributed by atoms with E-state index in [9.17, 15) is 14.9 Å². The van der Waals surface area contributed by atoms with Crippen molar-refractivity contribution in [3.63, 3.8) is 0 Å². The highest BCUT2D eigenvalue weighted by Crippen LogP contribution is 2.37. The number of carbonyl (C=O) groups is 1. The van der Waals surface area contributed by atoms with Crippen LogP contribution in [0.4, 0.5) is 17.1 Å². The largest absolute Gasteiger partial charge is 0.366 e. The number of rotatable bonds is 2. The lowest BCUT2D eigenvalue weighted by Gasteiger charge is -2.29. The molecule has 0 aliphatic carbocycles. The van der Waals surface area contributed by atoms with Crippen molar-refractivity contribution in [1.82, 2.24) is 0 Å². The third-order valence-corrected chi connectivity index (χ3v) is 3.99. The minimum absolute atomic E-state index is 0.0717. The molecule has 0 bridgehead atoms. The van der Waals surface area contributed by atoms with Crippen molar-refractivity contribution in [1.29, 1.82) is 0 Å². The molecule has 2 aliphatic heterocycles. The Morgan fingerprint density at radius 3 is 2.60 bits per heavy atom. The fraction of sp³-hybridized carbons (Fsp3) is 0.500. The van der Waals surface area contributed by atoms with Gasteiger partial charge in [0.15, 0.2) is 0 Å². The van der Waals surface area contributed by atoms with E-state index in [1.807, 2.05) is 6.07 Å². The average Bonchev–Trinajstić information content (AvgIpc) is 2.46. The van der Waals surface area contributed by atoms with Gasteiger partial charge in [0.05, 0.1) is 10.6 Å². The van der Waals surface area contributed by atoms with Gasteiger partial charge in [0.2, 0.25) is 5.91 Å². The molecule has 1 aromatic rings. The number of aryl methyl sites for hydroxylation is 1. The SMILES string of the molecule is O=C1CCc2cc(N3CCCCC3)c([N+](=O)[O-])cc2N1. The molecule has 1 fully saturated rings. The Morgan fingerprint density at radius 2 is 1.90 bits per heavy atom. The van der Waals surface area contributed by atoms with Crippen LogP contribution in [-0.2, 0) is 11.2 Å². The fourth-order valence-electron chi connectivity index (χ4n) is 2.94. The van der Waals surface area contributed by atoms with Crippen molar-refractivity contribution in [2.24, 2.45) is 0 Å². The molecule has 106 valence electrons. The lowest BCUT2D eigenvalue weighted by atomic mass is 10.00. The maximum absolute atomic E-state index is 11.4. The Bertz CT molecular complexity index is 565. The van der Waals surface area contributed by atoms with Gasteiger partial charge < -0.3 is 10.2 Å². The lowest BCUT2D eigenvalue weighted by Crippen LogP contribution is -2.30. The van der Waals surface area contributed by atoms with Crippen molar-refractivity contribution in [3.05, 3.63) is 27.8 Å². The molecular weight excluding hydrogens is 258 g/mol. The Hall–Kier alpha value is -2.11. The zero-order chi connectivity index (χ0) is 14.1. The van der Waals surface area contributed by atoms with E-state index < -0.39 is 0 Å². The molecule has 3 rings (SSSR count). The average molecular weight is 275 g/mol. The summed E-state index contributed by atoms with van der Waals surface area (Å²) < 4.78 is 0. The molecule has 1 saturated heterocycles. The summed E-state index contributed by atoms with van der Waals surface area (Å²) in [6.45, 7) is 1.73. The molecule has 0 unspecified atom stereocenters. The fourth-order valence-corrected chi connectivity index (χ4v) is 2.94. The number of nitro benzene ring substituents is 1. The minimum atomic E-state index is -0.356. The van der Waals surface area contributed by atoms with E-state index in [4.69, 9.17) is 0 Å². The van der Waals surface area contributed by atoms with Gasteiger partial charge in [-0.15, -0.1) is 0 Å². The highest BCUT2D eigenvalue weighted by Gasteiger charge is 2.26. The van der Waals surface area contributed by atoms with Crippen molar-refractivity contribution < 1.29 is 9.72 Å². The van der Waals surface area contributed by atoms with E-state index in [1.165, 1.54) is 12.5 Å². The summed E-state index contributed by atoms with van der Waals surface area (Å²) in [6, 6.07) is 3.40. The summed E-state index contributed by atoms with van der Waals surface area (Å²) in [4.78, 5) is 24.4. The quantitative estimate of drug-likeness (QED) is 0.664. The Morgan fingerprint density at radius 1 is 1.15 bits per heavy atom. The topological polar surface area (TPSA) is 75.5 Å². The normalized spacial score (nSPS) is 18.4. The predicted molar refractivity (Wildman–Crippen MR) is 76.1 cm³/mol. The van der Waals surface area contributed by atoms with Crippen molar-refractivity contribution in [3.8, 4) is 0 Å².